The van der Waals surface area contributed by atoms with E-state index < -0.39 is 0 Å². The summed E-state index contributed by atoms with van der Waals surface area (Å²) in [6.07, 6.45) is 4.94. The summed E-state index contributed by atoms with van der Waals surface area (Å²) in [7, 11) is 3.99. The number of aromatic nitrogens is 4. The largest absolute Gasteiger partial charge is 0.307 e. The van der Waals surface area contributed by atoms with Crippen LogP contribution in [0.5, 0.6) is 0 Å². The lowest BCUT2D eigenvalue weighted by atomic mass is 10.2. The second kappa shape index (κ2) is 5.90. The van der Waals surface area contributed by atoms with Gasteiger partial charge in [-0.1, -0.05) is 0 Å². The van der Waals surface area contributed by atoms with E-state index in [0.717, 1.165) is 12.1 Å². The van der Waals surface area contributed by atoms with Crippen molar-refractivity contribution in [1.82, 2.24) is 24.5 Å². The fourth-order valence-corrected chi connectivity index (χ4v) is 2.16. The van der Waals surface area contributed by atoms with Crippen LogP contribution >= 0.6 is 0 Å². The van der Waals surface area contributed by atoms with Crippen LogP contribution in [0.2, 0.25) is 0 Å². The van der Waals surface area contributed by atoms with Gasteiger partial charge in [0.05, 0.1) is 5.56 Å². The standard InChI is InChI=1S/C15H16N6O/c1-20(2)8-11-5-6-16-13(7-11)18-15(22)12-3-4-14-19-17-10-21(14)9-12/h3-7,9-10H,8H2,1-2H3,(H,16,18,22). The Hall–Kier alpha value is -2.80. The van der Waals surface area contributed by atoms with Gasteiger partial charge in [0.15, 0.2) is 5.65 Å². The van der Waals surface area contributed by atoms with Gasteiger partial charge >= 0.3 is 0 Å². The number of amides is 1. The van der Waals surface area contributed by atoms with Crippen LogP contribution in [-0.2, 0) is 6.54 Å². The number of anilines is 1. The molecular formula is C15H16N6O. The summed E-state index contributed by atoms with van der Waals surface area (Å²) in [5.74, 6) is 0.318. The van der Waals surface area contributed by atoms with Gasteiger partial charge in [-0.05, 0) is 43.9 Å². The van der Waals surface area contributed by atoms with Crippen molar-refractivity contribution in [3.63, 3.8) is 0 Å². The zero-order valence-corrected chi connectivity index (χ0v) is 12.4. The maximum Gasteiger partial charge on any atom is 0.258 e. The minimum absolute atomic E-state index is 0.217. The molecule has 0 radical (unpaired) electrons. The molecule has 0 atom stereocenters. The average molecular weight is 296 g/mol. The van der Waals surface area contributed by atoms with E-state index in [1.165, 1.54) is 0 Å². The fraction of sp³-hybridized carbons (Fsp3) is 0.200. The summed E-state index contributed by atoms with van der Waals surface area (Å²) < 4.78 is 1.70. The lowest BCUT2D eigenvalue weighted by Crippen LogP contribution is -2.15. The van der Waals surface area contributed by atoms with Gasteiger partial charge < -0.3 is 10.2 Å². The van der Waals surface area contributed by atoms with E-state index in [0.29, 0.717) is 17.0 Å². The van der Waals surface area contributed by atoms with Crippen molar-refractivity contribution in [2.75, 3.05) is 19.4 Å². The van der Waals surface area contributed by atoms with Crippen molar-refractivity contribution in [2.24, 2.45) is 0 Å². The van der Waals surface area contributed by atoms with Crippen molar-refractivity contribution in [3.8, 4) is 0 Å². The molecule has 3 heterocycles. The lowest BCUT2D eigenvalue weighted by molar-refractivity contribution is 0.102. The van der Waals surface area contributed by atoms with Gasteiger partial charge in [0.25, 0.3) is 5.91 Å². The van der Waals surface area contributed by atoms with E-state index in [1.54, 1.807) is 35.3 Å². The minimum Gasteiger partial charge on any atom is -0.307 e. The van der Waals surface area contributed by atoms with Crippen LogP contribution in [0.25, 0.3) is 5.65 Å². The molecule has 0 saturated heterocycles. The van der Waals surface area contributed by atoms with Gasteiger partial charge in [0, 0.05) is 18.9 Å². The van der Waals surface area contributed by atoms with E-state index >= 15 is 0 Å². The molecule has 0 aliphatic heterocycles. The van der Waals surface area contributed by atoms with Crippen LogP contribution in [-0.4, -0.2) is 44.5 Å². The Morgan fingerprint density at radius 2 is 2.18 bits per heavy atom. The van der Waals surface area contributed by atoms with Gasteiger partial charge in [0.2, 0.25) is 0 Å². The molecular weight excluding hydrogens is 280 g/mol. The molecule has 0 spiro atoms. The molecule has 1 N–H and O–H groups in total. The van der Waals surface area contributed by atoms with Gasteiger partial charge in [-0.15, -0.1) is 10.2 Å². The van der Waals surface area contributed by atoms with Crippen molar-refractivity contribution in [3.05, 3.63) is 54.1 Å². The van der Waals surface area contributed by atoms with Crippen LogP contribution < -0.4 is 5.32 Å². The Bertz CT molecular complexity index is 810. The highest BCUT2D eigenvalue weighted by molar-refractivity contribution is 6.03. The number of fused-ring (bicyclic) bond motifs is 1. The normalized spacial score (nSPS) is 11.0. The SMILES string of the molecule is CN(C)Cc1ccnc(NC(=O)c2ccc3nncn3c2)c1. The van der Waals surface area contributed by atoms with Crippen molar-refractivity contribution in [1.29, 1.82) is 0 Å². The van der Waals surface area contributed by atoms with Gasteiger partial charge in [0.1, 0.15) is 12.1 Å². The molecule has 3 aromatic heterocycles. The Kier molecular flexibility index (Phi) is 3.80. The smallest absolute Gasteiger partial charge is 0.258 e. The quantitative estimate of drug-likeness (QED) is 0.788. The molecule has 3 rings (SSSR count). The van der Waals surface area contributed by atoms with Crippen LogP contribution in [0.15, 0.2) is 43.0 Å². The summed E-state index contributed by atoms with van der Waals surface area (Å²) in [5.41, 5.74) is 2.30. The van der Waals surface area contributed by atoms with Gasteiger partial charge in [-0.2, -0.15) is 0 Å². The van der Waals surface area contributed by atoms with Crippen LogP contribution in [0, 0.1) is 0 Å². The van der Waals surface area contributed by atoms with Crippen molar-refractivity contribution >= 4 is 17.4 Å². The molecule has 0 aromatic carbocycles. The number of carbonyl (C=O) groups excluding carboxylic acids is 1. The number of pyridine rings is 2. The molecule has 112 valence electrons. The second-order valence-electron chi connectivity index (χ2n) is 5.26. The van der Waals surface area contributed by atoms with E-state index in [-0.39, 0.29) is 5.91 Å². The van der Waals surface area contributed by atoms with E-state index in [2.05, 4.69) is 25.4 Å². The second-order valence-corrected chi connectivity index (χ2v) is 5.26. The molecule has 0 unspecified atom stereocenters. The molecule has 1 amide bonds. The Morgan fingerprint density at radius 3 is 3.00 bits per heavy atom. The van der Waals surface area contributed by atoms with Crippen LogP contribution in [0.1, 0.15) is 15.9 Å². The molecule has 0 bridgehead atoms. The Balaban J connectivity index is 1.78. The maximum absolute atomic E-state index is 12.3. The molecule has 0 aliphatic rings. The third-order valence-corrected chi connectivity index (χ3v) is 3.12. The Morgan fingerprint density at radius 1 is 1.32 bits per heavy atom. The summed E-state index contributed by atoms with van der Waals surface area (Å²) in [6, 6.07) is 7.26. The highest BCUT2D eigenvalue weighted by Crippen LogP contribution is 2.11. The molecule has 7 nitrogen and oxygen atoms in total. The molecule has 0 aliphatic carbocycles. The highest BCUT2D eigenvalue weighted by atomic mass is 16.1. The number of hydrogen-bond donors (Lipinski definition) is 1. The molecule has 0 fully saturated rings. The number of carbonyl (C=O) groups is 1. The predicted molar refractivity (Wildman–Crippen MR) is 82.6 cm³/mol. The predicted octanol–water partition coefficient (Wildman–Crippen LogP) is 1.44. The topological polar surface area (TPSA) is 75.4 Å². The van der Waals surface area contributed by atoms with Crippen molar-refractivity contribution in [2.45, 2.75) is 6.54 Å². The number of nitrogens with zero attached hydrogens (tertiary/aromatic N) is 5. The number of nitrogens with one attached hydrogen (secondary N) is 1. The fourth-order valence-electron chi connectivity index (χ4n) is 2.16. The first-order valence-electron chi connectivity index (χ1n) is 6.82. The third kappa shape index (κ3) is 3.09. The van der Waals surface area contributed by atoms with Crippen LogP contribution in [0.3, 0.4) is 0 Å². The lowest BCUT2D eigenvalue weighted by Gasteiger charge is -2.11. The first-order valence-corrected chi connectivity index (χ1v) is 6.82. The summed E-state index contributed by atoms with van der Waals surface area (Å²) >= 11 is 0. The van der Waals surface area contributed by atoms with E-state index in [9.17, 15) is 4.79 Å². The van der Waals surface area contributed by atoms with E-state index in [4.69, 9.17) is 0 Å². The highest BCUT2D eigenvalue weighted by Gasteiger charge is 2.09. The average Bonchev–Trinajstić information content (AvgIpc) is 2.94. The molecule has 0 saturated carbocycles. The van der Waals surface area contributed by atoms with Crippen LogP contribution in [0.4, 0.5) is 5.82 Å². The zero-order valence-electron chi connectivity index (χ0n) is 12.4. The first kappa shape index (κ1) is 14.2. The van der Waals surface area contributed by atoms with E-state index in [1.807, 2.05) is 26.2 Å². The summed E-state index contributed by atoms with van der Waals surface area (Å²) in [6.45, 7) is 0.790. The Labute approximate surface area is 127 Å². The zero-order chi connectivity index (χ0) is 15.5. The summed E-state index contributed by atoms with van der Waals surface area (Å²) in [5, 5.41) is 10.5. The number of rotatable bonds is 4. The number of hydrogen-bond acceptors (Lipinski definition) is 5. The van der Waals surface area contributed by atoms with Gasteiger partial charge in [-0.3, -0.25) is 9.20 Å². The first-order chi connectivity index (χ1) is 10.6. The van der Waals surface area contributed by atoms with Gasteiger partial charge in [-0.25, -0.2) is 4.98 Å². The minimum atomic E-state index is -0.217. The molecule has 22 heavy (non-hydrogen) atoms. The van der Waals surface area contributed by atoms with Crippen molar-refractivity contribution < 1.29 is 4.79 Å². The maximum atomic E-state index is 12.3. The third-order valence-electron chi connectivity index (χ3n) is 3.12. The summed E-state index contributed by atoms with van der Waals surface area (Å²) in [4.78, 5) is 18.5. The molecule has 7 heteroatoms. The monoisotopic (exact) mass is 296 g/mol. The molecule has 3 aromatic rings.